The van der Waals surface area contributed by atoms with Gasteiger partial charge in [-0.05, 0) is 31.5 Å². The summed E-state index contributed by atoms with van der Waals surface area (Å²) in [6.45, 7) is 3.34. The topological polar surface area (TPSA) is 66.4 Å². The van der Waals surface area contributed by atoms with E-state index in [1.54, 1.807) is 13.8 Å². The molecule has 0 spiro atoms. The van der Waals surface area contributed by atoms with Gasteiger partial charge >= 0.3 is 5.97 Å². The molecular formula is C14H17F2NO3. The summed E-state index contributed by atoms with van der Waals surface area (Å²) in [5.74, 6) is -2.87. The highest BCUT2D eigenvalue weighted by Gasteiger charge is 2.27. The first-order valence-electron chi connectivity index (χ1n) is 6.22. The van der Waals surface area contributed by atoms with Crippen molar-refractivity contribution in [3.8, 4) is 0 Å². The molecule has 20 heavy (non-hydrogen) atoms. The normalized spacial score (nSPS) is 13.6. The van der Waals surface area contributed by atoms with Crippen LogP contribution < -0.4 is 5.32 Å². The highest BCUT2D eigenvalue weighted by Crippen LogP contribution is 2.16. The maximum atomic E-state index is 13.4. The lowest BCUT2D eigenvalue weighted by Crippen LogP contribution is -2.47. The van der Waals surface area contributed by atoms with Crippen LogP contribution in [0.1, 0.15) is 32.3 Å². The van der Waals surface area contributed by atoms with Gasteiger partial charge in [-0.15, -0.1) is 0 Å². The van der Waals surface area contributed by atoms with Gasteiger partial charge in [0.1, 0.15) is 11.6 Å². The molecule has 0 radical (unpaired) electrons. The average Bonchev–Trinajstić information content (AvgIpc) is 2.32. The lowest BCUT2D eigenvalue weighted by atomic mass is 9.94. The molecule has 110 valence electrons. The van der Waals surface area contributed by atoms with Crippen LogP contribution in [0.3, 0.4) is 0 Å². The van der Waals surface area contributed by atoms with Gasteiger partial charge in [-0.3, -0.25) is 9.59 Å². The number of carbonyl (C=O) groups excluding carboxylic acids is 1. The van der Waals surface area contributed by atoms with Gasteiger partial charge in [-0.2, -0.15) is 0 Å². The van der Waals surface area contributed by atoms with Crippen molar-refractivity contribution in [1.82, 2.24) is 5.32 Å². The van der Waals surface area contributed by atoms with Gasteiger partial charge in [0, 0.05) is 11.1 Å². The second kappa shape index (κ2) is 6.45. The van der Waals surface area contributed by atoms with Gasteiger partial charge in [-0.1, -0.05) is 6.92 Å². The fraction of sp³-hybridized carbons (Fsp3) is 0.429. The van der Waals surface area contributed by atoms with Gasteiger partial charge in [0.05, 0.1) is 12.8 Å². The van der Waals surface area contributed by atoms with Crippen LogP contribution in [0.15, 0.2) is 18.2 Å². The van der Waals surface area contributed by atoms with E-state index in [0.29, 0.717) is 6.42 Å². The molecule has 1 aromatic carbocycles. The first kappa shape index (κ1) is 16.1. The summed E-state index contributed by atoms with van der Waals surface area (Å²) in [5.41, 5.74) is -0.969. The molecule has 2 N–H and O–H groups in total. The Hall–Kier alpha value is -1.98. The monoisotopic (exact) mass is 285 g/mol. The molecule has 0 fully saturated rings. The molecule has 0 aliphatic carbocycles. The van der Waals surface area contributed by atoms with E-state index in [0.717, 1.165) is 18.2 Å². The quantitative estimate of drug-likeness (QED) is 0.842. The molecule has 4 nitrogen and oxygen atoms in total. The third-order valence-electron chi connectivity index (χ3n) is 3.12. The fourth-order valence-electron chi connectivity index (χ4n) is 1.82. The minimum Gasteiger partial charge on any atom is -0.481 e. The summed E-state index contributed by atoms with van der Waals surface area (Å²) in [6, 6.07) is 2.88. The number of carboxylic acids is 1. The van der Waals surface area contributed by atoms with Gasteiger partial charge < -0.3 is 10.4 Å². The zero-order valence-electron chi connectivity index (χ0n) is 11.4. The molecule has 1 rings (SSSR count). The minimum atomic E-state index is -1.04. The Morgan fingerprint density at radius 2 is 2.00 bits per heavy atom. The summed E-state index contributed by atoms with van der Waals surface area (Å²) in [4.78, 5) is 22.6. The first-order valence-corrected chi connectivity index (χ1v) is 6.22. The highest BCUT2D eigenvalue weighted by molar-refractivity contribution is 5.80. The zero-order chi connectivity index (χ0) is 15.3. The highest BCUT2D eigenvalue weighted by atomic mass is 19.1. The smallest absolute Gasteiger partial charge is 0.305 e. The summed E-state index contributed by atoms with van der Waals surface area (Å²) < 4.78 is 26.4. The van der Waals surface area contributed by atoms with Crippen molar-refractivity contribution in [1.29, 1.82) is 0 Å². The average molecular weight is 285 g/mol. The Labute approximate surface area is 115 Å². The molecule has 0 heterocycles. The number of carbonyl (C=O) groups is 2. The number of amides is 1. The number of carboxylic acid groups (broad SMARTS) is 1. The van der Waals surface area contributed by atoms with E-state index in [1.807, 2.05) is 0 Å². The number of halogens is 2. The molecule has 0 saturated heterocycles. The van der Waals surface area contributed by atoms with Crippen LogP contribution in [-0.2, 0) is 16.0 Å². The predicted octanol–water partition coefficient (Wildman–Crippen LogP) is 2.27. The van der Waals surface area contributed by atoms with Crippen LogP contribution in [0.25, 0.3) is 0 Å². The van der Waals surface area contributed by atoms with Gasteiger partial charge in [0.15, 0.2) is 0 Å². The van der Waals surface area contributed by atoms with Crippen molar-refractivity contribution in [3.05, 3.63) is 35.4 Å². The number of hydrogen-bond acceptors (Lipinski definition) is 2. The summed E-state index contributed by atoms with van der Waals surface area (Å²) in [7, 11) is 0. The molecule has 1 atom stereocenters. The van der Waals surface area contributed by atoms with E-state index in [2.05, 4.69) is 5.32 Å². The Balaban J connectivity index is 2.76. The van der Waals surface area contributed by atoms with Crippen LogP contribution in [-0.4, -0.2) is 22.5 Å². The third kappa shape index (κ3) is 4.60. The fourth-order valence-corrected chi connectivity index (χ4v) is 1.82. The largest absolute Gasteiger partial charge is 0.481 e. The van der Waals surface area contributed by atoms with Crippen molar-refractivity contribution in [2.75, 3.05) is 0 Å². The van der Waals surface area contributed by atoms with Crippen LogP contribution in [0.2, 0.25) is 0 Å². The molecule has 0 bridgehead atoms. The summed E-state index contributed by atoms with van der Waals surface area (Å²) >= 11 is 0. The second-order valence-electron chi connectivity index (χ2n) is 4.95. The van der Waals surface area contributed by atoms with E-state index in [-0.39, 0.29) is 18.4 Å². The Morgan fingerprint density at radius 3 is 2.55 bits per heavy atom. The van der Waals surface area contributed by atoms with Crippen LogP contribution in [0.5, 0.6) is 0 Å². The lowest BCUT2D eigenvalue weighted by Gasteiger charge is -2.28. The molecule has 0 aromatic heterocycles. The van der Waals surface area contributed by atoms with E-state index >= 15 is 0 Å². The van der Waals surface area contributed by atoms with Gasteiger partial charge in [0.2, 0.25) is 5.91 Å². The van der Waals surface area contributed by atoms with E-state index in [9.17, 15) is 18.4 Å². The Bertz CT molecular complexity index is 519. The van der Waals surface area contributed by atoms with E-state index in [4.69, 9.17) is 5.11 Å². The predicted molar refractivity (Wildman–Crippen MR) is 69.2 cm³/mol. The number of benzene rings is 1. The summed E-state index contributed by atoms with van der Waals surface area (Å²) in [6.07, 6.45) is -0.156. The molecular weight excluding hydrogens is 268 g/mol. The first-order chi connectivity index (χ1) is 9.25. The molecule has 1 amide bonds. The van der Waals surface area contributed by atoms with Crippen LogP contribution >= 0.6 is 0 Å². The van der Waals surface area contributed by atoms with Crippen LogP contribution in [0, 0.1) is 11.6 Å². The van der Waals surface area contributed by atoms with Gasteiger partial charge in [-0.25, -0.2) is 8.78 Å². The Kier molecular flexibility index (Phi) is 5.19. The maximum Gasteiger partial charge on any atom is 0.305 e. The van der Waals surface area contributed by atoms with Crippen LogP contribution in [0.4, 0.5) is 8.78 Å². The van der Waals surface area contributed by atoms with E-state index in [1.165, 1.54) is 0 Å². The van der Waals surface area contributed by atoms with Crippen molar-refractivity contribution < 1.29 is 23.5 Å². The third-order valence-corrected chi connectivity index (χ3v) is 3.12. The summed E-state index contributed by atoms with van der Waals surface area (Å²) in [5, 5.41) is 11.4. The van der Waals surface area contributed by atoms with Crippen molar-refractivity contribution in [2.45, 2.75) is 38.6 Å². The van der Waals surface area contributed by atoms with Gasteiger partial charge in [0.25, 0.3) is 0 Å². The zero-order valence-corrected chi connectivity index (χ0v) is 11.4. The second-order valence-corrected chi connectivity index (χ2v) is 4.95. The minimum absolute atomic E-state index is 0.0590. The van der Waals surface area contributed by atoms with Crippen molar-refractivity contribution in [3.63, 3.8) is 0 Å². The SMILES string of the molecule is CC[C@@](C)(CC(=O)O)NC(=O)Cc1cc(F)ccc1F. The number of rotatable bonds is 6. The standard InChI is InChI=1S/C14H17F2NO3/c1-3-14(2,8-13(19)20)17-12(18)7-9-6-10(15)4-5-11(9)16/h4-6H,3,7-8H2,1-2H3,(H,17,18)(H,19,20)/t14-/m0/s1. The van der Waals surface area contributed by atoms with Crippen molar-refractivity contribution in [2.24, 2.45) is 0 Å². The molecule has 6 heteroatoms. The molecule has 0 aliphatic rings. The molecule has 0 saturated carbocycles. The maximum absolute atomic E-state index is 13.4. The molecule has 1 aromatic rings. The van der Waals surface area contributed by atoms with Crippen molar-refractivity contribution >= 4 is 11.9 Å². The molecule has 0 aliphatic heterocycles. The number of aliphatic carboxylic acids is 1. The van der Waals surface area contributed by atoms with E-state index < -0.39 is 29.0 Å². The lowest BCUT2D eigenvalue weighted by molar-refractivity contribution is -0.139. The Morgan fingerprint density at radius 1 is 1.35 bits per heavy atom. The number of nitrogens with one attached hydrogen (secondary N) is 1. The molecule has 0 unspecified atom stereocenters. The number of hydrogen-bond donors (Lipinski definition) is 2.